The number of para-hydroxylation sites is 4. The van der Waals surface area contributed by atoms with Crippen LogP contribution in [0.2, 0.25) is 0 Å². The molecule has 7 aromatic carbocycles. The lowest BCUT2D eigenvalue weighted by Crippen LogP contribution is -2.07. The topological polar surface area (TPSA) is 72.3 Å². The van der Waals surface area contributed by atoms with E-state index in [-0.39, 0.29) is 17.0 Å². The molecule has 3 heterocycles. The average Bonchev–Trinajstić information content (AvgIpc) is 3.81. The Morgan fingerprint density at radius 2 is 0.846 bits per heavy atom. The fraction of sp³-hybridized carbons (Fsp3) is 0. The predicted molar refractivity (Wildman–Crippen MR) is 210 cm³/mol. The highest BCUT2D eigenvalue weighted by Gasteiger charge is 2.23. The lowest BCUT2D eigenvalue weighted by atomic mass is 10.0. The summed E-state index contributed by atoms with van der Waals surface area (Å²) in [5.74, 6) is -0.982. The van der Waals surface area contributed by atoms with E-state index in [1.54, 1.807) is 6.07 Å². The Morgan fingerprint density at radius 1 is 0.462 bits per heavy atom. The molecule has 52 heavy (non-hydrogen) atoms. The summed E-state index contributed by atoms with van der Waals surface area (Å²) in [5.41, 5.74) is 3.92. The van der Waals surface area contributed by atoms with Crippen LogP contribution in [0.3, 0.4) is 0 Å². The van der Waals surface area contributed by atoms with Gasteiger partial charge in [0, 0.05) is 38.2 Å². The number of benzene rings is 7. The van der Waals surface area contributed by atoms with Crippen LogP contribution >= 0.6 is 0 Å². The molecule has 0 N–H and O–H groups in total. The smallest absolute Gasteiger partial charge is 0.166 e. The van der Waals surface area contributed by atoms with Crippen LogP contribution in [0.15, 0.2) is 170 Å². The second kappa shape index (κ2) is 11.9. The van der Waals surface area contributed by atoms with Gasteiger partial charge >= 0.3 is 0 Å². The lowest BCUT2D eigenvalue weighted by molar-refractivity contribution is 1.06. The number of hydrogen-bond acceptors (Lipinski definition) is 4. The van der Waals surface area contributed by atoms with Gasteiger partial charge in [-0.05, 0) is 36.4 Å². The molecule has 0 atom stereocenters. The van der Waals surface area contributed by atoms with Crippen LogP contribution in [0.5, 0.6) is 0 Å². The average molecular weight is 675 g/mol. The Bertz CT molecular complexity index is 3380. The van der Waals surface area contributed by atoms with Crippen LogP contribution in [0.25, 0.3) is 89.2 Å². The standard InChI is InChI=1S/C46H28N6/c47-29-32-27-37(46-49-44(30-15-3-1-4-16-30)48-45(50-46)31-17-5-2-6-18-31)43(52-40-25-13-9-21-35(40)36-22-10-14-26-41(36)52)28-42(32)51-38-23-11-7-19-33(38)34-20-8-12-24-39(34)51/h1-28H/i1D,2D,3D,4D,5D,6D,15D,16D,17D,18D. The number of hydrogen-bond donors (Lipinski definition) is 0. The first-order valence-electron chi connectivity index (χ1n) is 21.4. The van der Waals surface area contributed by atoms with Gasteiger partial charge in [0.1, 0.15) is 6.07 Å². The molecule has 0 saturated carbocycles. The minimum Gasteiger partial charge on any atom is -0.308 e. The van der Waals surface area contributed by atoms with Gasteiger partial charge in [-0.1, -0.05) is 133 Å². The van der Waals surface area contributed by atoms with E-state index in [0.29, 0.717) is 11.4 Å². The van der Waals surface area contributed by atoms with E-state index in [4.69, 9.17) is 23.7 Å². The molecule has 10 aromatic rings. The first kappa shape index (κ1) is 21.0. The van der Waals surface area contributed by atoms with Crippen molar-refractivity contribution in [2.45, 2.75) is 0 Å². The first-order valence-corrected chi connectivity index (χ1v) is 16.4. The molecule has 0 aliphatic carbocycles. The highest BCUT2D eigenvalue weighted by molar-refractivity contribution is 6.11. The van der Waals surface area contributed by atoms with E-state index in [9.17, 15) is 5.26 Å². The molecule has 6 heteroatoms. The summed E-state index contributed by atoms with van der Waals surface area (Å²) in [6, 6.07) is 30.9. The van der Waals surface area contributed by atoms with Gasteiger partial charge in [0.05, 0.1) is 52.7 Å². The zero-order valence-corrected chi connectivity index (χ0v) is 27.1. The third kappa shape index (κ3) is 4.61. The van der Waals surface area contributed by atoms with Crippen LogP contribution in [-0.2, 0) is 0 Å². The van der Waals surface area contributed by atoms with Crippen molar-refractivity contribution in [3.63, 3.8) is 0 Å². The summed E-state index contributed by atoms with van der Waals surface area (Å²) in [6.07, 6.45) is 0. The van der Waals surface area contributed by atoms with E-state index in [1.165, 1.54) is 0 Å². The second-order valence-electron chi connectivity index (χ2n) is 12.0. The van der Waals surface area contributed by atoms with Crippen LogP contribution in [0.4, 0.5) is 0 Å². The Balaban J connectivity index is 1.39. The number of nitrogens with zero attached hydrogens (tertiary/aromatic N) is 6. The van der Waals surface area contributed by atoms with Gasteiger partial charge in [-0.2, -0.15) is 5.26 Å². The molecule has 0 aliphatic heterocycles. The van der Waals surface area contributed by atoms with E-state index in [0.717, 1.165) is 43.6 Å². The van der Waals surface area contributed by atoms with Gasteiger partial charge < -0.3 is 9.13 Å². The minimum atomic E-state index is -0.652. The van der Waals surface area contributed by atoms with Crippen LogP contribution < -0.4 is 0 Å². The molecule has 0 aliphatic rings. The Labute approximate surface area is 313 Å². The molecule has 0 spiro atoms. The molecule has 3 aromatic heterocycles. The van der Waals surface area contributed by atoms with Crippen molar-refractivity contribution in [3.8, 4) is 51.6 Å². The van der Waals surface area contributed by atoms with Gasteiger partial charge in [0.2, 0.25) is 0 Å². The quantitative estimate of drug-likeness (QED) is 0.182. The van der Waals surface area contributed by atoms with E-state index in [1.807, 2.05) is 112 Å². The van der Waals surface area contributed by atoms with Crippen LogP contribution in [0.1, 0.15) is 19.3 Å². The van der Waals surface area contributed by atoms with Gasteiger partial charge in [0.15, 0.2) is 17.5 Å². The third-order valence-electron chi connectivity index (χ3n) is 9.20. The summed E-state index contributed by atoms with van der Waals surface area (Å²) in [5, 5.41) is 14.8. The van der Waals surface area contributed by atoms with Gasteiger partial charge in [-0.3, -0.25) is 0 Å². The Morgan fingerprint density at radius 3 is 1.27 bits per heavy atom. The van der Waals surface area contributed by atoms with Crippen molar-refractivity contribution >= 4 is 43.6 Å². The molecule has 242 valence electrons. The third-order valence-corrected chi connectivity index (χ3v) is 9.20. The molecule has 0 radical (unpaired) electrons. The fourth-order valence-corrected chi connectivity index (χ4v) is 7.02. The maximum Gasteiger partial charge on any atom is 0.166 e. The number of fused-ring (bicyclic) bond motifs is 6. The molecule has 6 nitrogen and oxygen atoms in total. The van der Waals surface area contributed by atoms with Gasteiger partial charge in [-0.15, -0.1) is 0 Å². The molecule has 0 amide bonds. The number of nitriles is 1. The van der Waals surface area contributed by atoms with Crippen molar-refractivity contribution in [2.24, 2.45) is 0 Å². The summed E-state index contributed by atoms with van der Waals surface area (Å²) < 4.78 is 89.8. The largest absolute Gasteiger partial charge is 0.308 e. The van der Waals surface area contributed by atoms with Crippen LogP contribution in [-0.4, -0.2) is 24.1 Å². The SMILES string of the molecule is [2H]c1c([2H])c([2H])c(-c2nc(-c3cc(C#N)c(-n4c5ccccc5c5ccccc54)cc3-n3c4ccccc4c4ccccc43)nc(-c3c([2H])c([2H])c([2H])c([2H])c3[2H])n2)c([2H])c1[2H]. The van der Waals surface area contributed by atoms with Crippen LogP contribution in [0, 0.1) is 11.3 Å². The molecule has 0 saturated heterocycles. The molecule has 10 rings (SSSR count). The maximum atomic E-state index is 11.0. The molecule has 0 fully saturated rings. The Hall–Kier alpha value is -7.36. The van der Waals surface area contributed by atoms with E-state index >= 15 is 0 Å². The van der Waals surface area contributed by atoms with Crippen molar-refractivity contribution in [1.29, 1.82) is 5.26 Å². The summed E-state index contributed by atoms with van der Waals surface area (Å²) in [6.45, 7) is 0. The fourth-order valence-electron chi connectivity index (χ4n) is 7.02. The minimum absolute atomic E-state index is 0.161. The number of rotatable bonds is 5. The molecular formula is C46H28N6. The first-order chi connectivity index (χ1) is 29.9. The van der Waals surface area contributed by atoms with Crippen molar-refractivity contribution in [1.82, 2.24) is 24.1 Å². The highest BCUT2D eigenvalue weighted by atomic mass is 15.1. The van der Waals surface area contributed by atoms with Gasteiger partial charge in [-0.25, -0.2) is 15.0 Å². The molecular weight excluding hydrogens is 637 g/mol. The second-order valence-corrected chi connectivity index (χ2v) is 12.0. The van der Waals surface area contributed by atoms with E-state index in [2.05, 4.69) is 11.1 Å². The highest BCUT2D eigenvalue weighted by Crippen LogP contribution is 2.40. The summed E-state index contributed by atoms with van der Waals surface area (Å²) in [4.78, 5) is 14.1. The molecule has 0 unspecified atom stereocenters. The summed E-state index contributed by atoms with van der Waals surface area (Å²) in [7, 11) is 0. The normalized spacial score (nSPS) is 14.1. The summed E-state index contributed by atoms with van der Waals surface area (Å²) >= 11 is 0. The van der Waals surface area contributed by atoms with Crippen molar-refractivity contribution in [2.75, 3.05) is 0 Å². The van der Waals surface area contributed by atoms with Crippen molar-refractivity contribution in [3.05, 3.63) is 175 Å². The lowest BCUT2D eigenvalue weighted by Gasteiger charge is -2.18. The maximum absolute atomic E-state index is 11.0. The number of aromatic nitrogens is 5. The van der Waals surface area contributed by atoms with Crippen molar-refractivity contribution < 1.29 is 13.7 Å². The monoisotopic (exact) mass is 674 g/mol. The predicted octanol–water partition coefficient (Wildman–Crippen LogP) is 10.9. The van der Waals surface area contributed by atoms with Gasteiger partial charge in [0.25, 0.3) is 0 Å². The zero-order valence-electron chi connectivity index (χ0n) is 37.1. The molecule has 0 bridgehead atoms. The van der Waals surface area contributed by atoms with E-state index < -0.39 is 83.2 Å². The Kier molecular flexibility index (Phi) is 4.81. The zero-order chi connectivity index (χ0) is 43.3.